The number of rotatable bonds is 11. The minimum atomic E-state index is -0.268. The smallest absolute Gasteiger partial charge is 0.175 e. The summed E-state index contributed by atoms with van der Waals surface area (Å²) in [5.74, 6) is 0.984. The van der Waals surface area contributed by atoms with Crippen molar-refractivity contribution in [3.05, 3.63) is 57.8 Å². The van der Waals surface area contributed by atoms with E-state index in [9.17, 15) is 4.39 Å². The van der Waals surface area contributed by atoms with Crippen LogP contribution in [0.2, 0.25) is 0 Å². The van der Waals surface area contributed by atoms with Crippen molar-refractivity contribution in [2.45, 2.75) is 13.2 Å². The number of aliphatic hydroxyl groups excluding tert-OH is 1. The number of hydrogen-bond donors (Lipinski definition) is 3. The number of benzene rings is 2. The first-order valence-electron chi connectivity index (χ1n) is 8.40. The molecular formula is C19H24BrFN2O3. The van der Waals surface area contributed by atoms with Gasteiger partial charge in [-0.2, -0.15) is 0 Å². The van der Waals surface area contributed by atoms with Gasteiger partial charge in [-0.25, -0.2) is 4.39 Å². The van der Waals surface area contributed by atoms with E-state index in [0.717, 1.165) is 28.7 Å². The van der Waals surface area contributed by atoms with Crippen molar-refractivity contribution in [2.75, 3.05) is 33.4 Å². The fourth-order valence-corrected chi connectivity index (χ4v) is 2.97. The first kappa shape index (κ1) is 20.6. The van der Waals surface area contributed by atoms with Gasteiger partial charge in [0.1, 0.15) is 12.4 Å². The zero-order valence-electron chi connectivity index (χ0n) is 14.7. The van der Waals surface area contributed by atoms with E-state index in [0.29, 0.717) is 31.2 Å². The van der Waals surface area contributed by atoms with E-state index in [4.69, 9.17) is 14.6 Å². The monoisotopic (exact) mass is 426 g/mol. The van der Waals surface area contributed by atoms with Crippen LogP contribution in [0.4, 0.5) is 4.39 Å². The van der Waals surface area contributed by atoms with E-state index in [1.54, 1.807) is 19.2 Å². The van der Waals surface area contributed by atoms with Crippen molar-refractivity contribution in [3.63, 3.8) is 0 Å². The standard InChI is InChI=1S/C19H24BrFN2O3/c1-25-18-11-15(12-23-7-6-22-8-9-24)10-17(20)19(18)26-13-14-2-4-16(21)5-3-14/h2-5,10-11,22-24H,6-9,12-13H2,1H3. The van der Waals surface area contributed by atoms with Crippen molar-refractivity contribution in [1.82, 2.24) is 10.6 Å². The molecule has 0 aliphatic carbocycles. The van der Waals surface area contributed by atoms with Crippen LogP contribution in [-0.2, 0) is 13.2 Å². The van der Waals surface area contributed by atoms with E-state index in [-0.39, 0.29) is 12.4 Å². The van der Waals surface area contributed by atoms with Gasteiger partial charge in [-0.15, -0.1) is 0 Å². The van der Waals surface area contributed by atoms with Gasteiger partial charge in [-0.1, -0.05) is 12.1 Å². The predicted molar refractivity (Wildman–Crippen MR) is 103 cm³/mol. The highest BCUT2D eigenvalue weighted by Crippen LogP contribution is 2.37. The molecule has 3 N–H and O–H groups in total. The maximum atomic E-state index is 13.0. The largest absolute Gasteiger partial charge is 0.493 e. The molecule has 2 rings (SSSR count). The summed E-state index contributed by atoms with van der Waals surface area (Å²) in [5, 5.41) is 15.1. The summed E-state index contributed by atoms with van der Waals surface area (Å²) in [6.07, 6.45) is 0. The van der Waals surface area contributed by atoms with Crippen LogP contribution in [0.15, 0.2) is 40.9 Å². The molecule has 0 spiro atoms. The topological polar surface area (TPSA) is 62.8 Å². The van der Waals surface area contributed by atoms with Crippen molar-refractivity contribution < 1.29 is 19.0 Å². The molecule has 0 aromatic heterocycles. The molecule has 0 saturated carbocycles. The molecule has 2 aromatic rings. The van der Waals surface area contributed by atoms with Crippen molar-refractivity contribution >= 4 is 15.9 Å². The van der Waals surface area contributed by atoms with Gasteiger partial charge in [0.05, 0.1) is 18.2 Å². The summed E-state index contributed by atoms with van der Waals surface area (Å²) in [7, 11) is 1.60. The van der Waals surface area contributed by atoms with Crippen LogP contribution >= 0.6 is 15.9 Å². The zero-order chi connectivity index (χ0) is 18.8. The molecule has 0 aliphatic rings. The fourth-order valence-electron chi connectivity index (χ4n) is 2.37. The summed E-state index contributed by atoms with van der Waals surface area (Å²) in [4.78, 5) is 0. The van der Waals surface area contributed by atoms with Crippen LogP contribution < -0.4 is 20.1 Å². The Kier molecular flexibility index (Phi) is 8.84. The second-order valence-corrected chi connectivity index (χ2v) is 6.53. The van der Waals surface area contributed by atoms with Gasteiger partial charge >= 0.3 is 0 Å². The highest BCUT2D eigenvalue weighted by molar-refractivity contribution is 9.10. The Balaban J connectivity index is 1.94. The van der Waals surface area contributed by atoms with Crippen LogP contribution in [0.5, 0.6) is 11.5 Å². The molecule has 0 radical (unpaired) electrons. The molecule has 26 heavy (non-hydrogen) atoms. The maximum absolute atomic E-state index is 13.0. The lowest BCUT2D eigenvalue weighted by molar-refractivity contribution is 0.282. The normalized spacial score (nSPS) is 10.8. The Bertz CT molecular complexity index is 683. The van der Waals surface area contributed by atoms with Crippen LogP contribution in [0.3, 0.4) is 0 Å². The molecule has 7 heteroatoms. The molecule has 0 fully saturated rings. The van der Waals surface area contributed by atoms with E-state index in [2.05, 4.69) is 26.6 Å². The van der Waals surface area contributed by atoms with Gasteiger partial charge in [0.15, 0.2) is 11.5 Å². The molecular weight excluding hydrogens is 403 g/mol. The summed E-state index contributed by atoms with van der Waals surface area (Å²) >= 11 is 3.53. The number of aliphatic hydroxyl groups is 1. The number of nitrogens with one attached hydrogen (secondary N) is 2. The van der Waals surface area contributed by atoms with E-state index in [1.807, 2.05) is 12.1 Å². The molecule has 0 aliphatic heterocycles. The van der Waals surface area contributed by atoms with Crippen molar-refractivity contribution in [3.8, 4) is 11.5 Å². The average Bonchev–Trinajstić information content (AvgIpc) is 2.64. The summed E-state index contributed by atoms with van der Waals surface area (Å²) in [6.45, 7) is 3.34. The second kappa shape index (κ2) is 11.1. The van der Waals surface area contributed by atoms with Gasteiger partial charge < -0.3 is 25.2 Å². The predicted octanol–water partition coefficient (Wildman–Crippen LogP) is 2.85. The fraction of sp³-hybridized carbons (Fsp3) is 0.368. The minimum Gasteiger partial charge on any atom is -0.493 e. The van der Waals surface area contributed by atoms with Crippen molar-refractivity contribution in [1.29, 1.82) is 0 Å². The van der Waals surface area contributed by atoms with Gasteiger partial charge in [0.2, 0.25) is 0 Å². The average molecular weight is 427 g/mol. The second-order valence-electron chi connectivity index (χ2n) is 5.67. The molecule has 0 unspecified atom stereocenters. The van der Waals surface area contributed by atoms with Gasteiger partial charge in [0, 0.05) is 26.2 Å². The number of methoxy groups -OCH3 is 1. The molecule has 0 saturated heterocycles. The van der Waals surface area contributed by atoms with Crippen LogP contribution in [0, 0.1) is 5.82 Å². The Morgan fingerprint density at radius 1 is 1.04 bits per heavy atom. The minimum absolute atomic E-state index is 0.142. The summed E-state index contributed by atoms with van der Waals surface area (Å²) in [5.41, 5.74) is 1.94. The Hall–Kier alpha value is -1.67. The van der Waals surface area contributed by atoms with E-state index in [1.165, 1.54) is 12.1 Å². The van der Waals surface area contributed by atoms with Crippen molar-refractivity contribution in [2.24, 2.45) is 0 Å². The molecule has 0 heterocycles. The molecule has 0 bridgehead atoms. The van der Waals surface area contributed by atoms with Gasteiger partial charge in [-0.05, 0) is 51.3 Å². The quantitative estimate of drug-likeness (QED) is 0.482. The van der Waals surface area contributed by atoms with Gasteiger partial charge in [0.25, 0.3) is 0 Å². The molecule has 2 aromatic carbocycles. The van der Waals surface area contributed by atoms with Gasteiger partial charge in [-0.3, -0.25) is 0 Å². The highest BCUT2D eigenvalue weighted by atomic mass is 79.9. The third kappa shape index (κ3) is 6.57. The summed E-state index contributed by atoms with van der Waals surface area (Å²) < 4.78 is 25.1. The Morgan fingerprint density at radius 3 is 2.46 bits per heavy atom. The third-order valence-corrected chi connectivity index (χ3v) is 4.27. The van der Waals surface area contributed by atoms with Crippen LogP contribution in [-0.4, -0.2) is 38.5 Å². The number of halogens is 2. The highest BCUT2D eigenvalue weighted by Gasteiger charge is 2.12. The van der Waals surface area contributed by atoms with E-state index < -0.39 is 0 Å². The molecule has 0 atom stereocenters. The first-order chi connectivity index (χ1) is 12.6. The van der Waals surface area contributed by atoms with E-state index >= 15 is 0 Å². The summed E-state index contributed by atoms with van der Waals surface area (Å²) in [6, 6.07) is 10.1. The van der Waals surface area contributed by atoms with Crippen LogP contribution in [0.25, 0.3) is 0 Å². The lowest BCUT2D eigenvalue weighted by Gasteiger charge is -2.15. The number of ether oxygens (including phenoxy) is 2. The number of hydrogen-bond acceptors (Lipinski definition) is 5. The lowest BCUT2D eigenvalue weighted by atomic mass is 10.2. The lowest BCUT2D eigenvalue weighted by Crippen LogP contribution is -2.28. The molecule has 0 amide bonds. The third-order valence-electron chi connectivity index (χ3n) is 3.68. The SMILES string of the molecule is COc1cc(CNCCNCCO)cc(Br)c1OCc1ccc(F)cc1. The first-order valence-corrected chi connectivity index (χ1v) is 9.19. The van der Waals surface area contributed by atoms with Crippen LogP contribution in [0.1, 0.15) is 11.1 Å². The maximum Gasteiger partial charge on any atom is 0.175 e. The Labute approximate surface area is 161 Å². The molecule has 5 nitrogen and oxygen atoms in total. The molecule has 142 valence electrons. The Morgan fingerprint density at radius 2 is 1.77 bits per heavy atom. The zero-order valence-corrected chi connectivity index (χ0v) is 16.3.